The fourth-order valence-electron chi connectivity index (χ4n) is 2.48. The predicted molar refractivity (Wildman–Crippen MR) is 88.7 cm³/mol. The molecule has 1 atom stereocenters. The highest BCUT2D eigenvalue weighted by molar-refractivity contribution is 5.76. The number of nitrogens with one attached hydrogen (secondary N) is 1. The summed E-state index contributed by atoms with van der Waals surface area (Å²) in [5.74, 6) is 0.534. The standard InChI is InChI=1S/C17H31N3O2/c1-12(2)9-10-17(5,22)11-18-16(21)8-7-15-13(3)19-20(6)14(15)4/h12,22H,7-11H2,1-6H3,(H,18,21). The summed E-state index contributed by atoms with van der Waals surface area (Å²) in [7, 11) is 1.91. The molecule has 1 aromatic rings. The normalized spacial score (nSPS) is 14.2. The maximum Gasteiger partial charge on any atom is 0.220 e. The SMILES string of the molecule is Cc1nn(C)c(C)c1CCC(=O)NCC(C)(O)CCC(C)C. The van der Waals surface area contributed by atoms with Crippen LogP contribution in [0.15, 0.2) is 0 Å². The molecule has 0 aliphatic rings. The van der Waals surface area contributed by atoms with E-state index in [-0.39, 0.29) is 5.91 Å². The Morgan fingerprint density at radius 3 is 2.55 bits per heavy atom. The van der Waals surface area contributed by atoms with Gasteiger partial charge in [0.05, 0.1) is 11.3 Å². The third-order valence-electron chi connectivity index (χ3n) is 4.19. The Kier molecular flexibility index (Phi) is 6.60. The van der Waals surface area contributed by atoms with Crippen LogP contribution in [0.4, 0.5) is 0 Å². The van der Waals surface area contributed by atoms with Gasteiger partial charge < -0.3 is 10.4 Å². The molecule has 2 N–H and O–H groups in total. The molecular formula is C17H31N3O2. The molecule has 1 rings (SSSR count). The fraction of sp³-hybridized carbons (Fsp3) is 0.765. The van der Waals surface area contributed by atoms with Crippen molar-refractivity contribution in [1.82, 2.24) is 15.1 Å². The molecule has 5 heteroatoms. The molecule has 1 amide bonds. The van der Waals surface area contributed by atoms with Gasteiger partial charge in [-0.05, 0) is 51.5 Å². The predicted octanol–water partition coefficient (Wildman–Crippen LogP) is 2.27. The lowest BCUT2D eigenvalue weighted by Crippen LogP contribution is -2.40. The average molecular weight is 309 g/mol. The van der Waals surface area contributed by atoms with Gasteiger partial charge in [0.25, 0.3) is 0 Å². The maximum absolute atomic E-state index is 12.0. The number of hydrogen-bond acceptors (Lipinski definition) is 3. The first-order chi connectivity index (χ1) is 10.1. The first kappa shape index (κ1) is 18.7. The van der Waals surface area contributed by atoms with Gasteiger partial charge in [0, 0.05) is 25.7 Å². The van der Waals surface area contributed by atoms with Crippen LogP contribution < -0.4 is 5.32 Å². The number of nitrogens with zero attached hydrogens (tertiary/aromatic N) is 2. The molecule has 5 nitrogen and oxygen atoms in total. The fourth-order valence-corrected chi connectivity index (χ4v) is 2.48. The van der Waals surface area contributed by atoms with Gasteiger partial charge in [-0.25, -0.2) is 0 Å². The van der Waals surface area contributed by atoms with E-state index in [9.17, 15) is 9.90 Å². The minimum atomic E-state index is -0.833. The summed E-state index contributed by atoms with van der Waals surface area (Å²) in [5.41, 5.74) is 2.40. The molecule has 0 aromatic carbocycles. The van der Waals surface area contributed by atoms with Crippen molar-refractivity contribution in [2.45, 2.75) is 65.9 Å². The quantitative estimate of drug-likeness (QED) is 0.774. The number of carbonyl (C=O) groups excluding carboxylic acids is 1. The number of hydrogen-bond donors (Lipinski definition) is 2. The molecule has 0 saturated heterocycles. The molecule has 0 aliphatic carbocycles. The van der Waals surface area contributed by atoms with E-state index in [1.165, 1.54) is 0 Å². The third-order valence-corrected chi connectivity index (χ3v) is 4.19. The van der Waals surface area contributed by atoms with Crippen molar-refractivity contribution >= 4 is 5.91 Å². The van der Waals surface area contributed by atoms with Crippen molar-refractivity contribution in [1.29, 1.82) is 0 Å². The Labute approximate surface area is 134 Å². The highest BCUT2D eigenvalue weighted by Crippen LogP contribution is 2.16. The van der Waals surface area contributed by atoms with Crippen LogP contribution in [0.25, 0.3) is 0 Å². The second-order valence-electron chi connectivity index (χ2n) is 6.98. The molecule has 0 bridgehead atoms. The van der Waals surface area contributed by atoms with E-state index in [2.05, 4.69) is 24.3 Å². The number of carbonyl (C=O) groups is 1. The number of aromatic nitrogens is 2. The summed E-state index contributed by atoms with van der Waals surface area (Å²) in [6.45, 7) is 10.3. The minimum absolute atomic E-state index is 0.0209. The summed E-state index contributed by atoms with van der Waals surface area (Å²) in [5, 5.41) is 17.5. The first-order valence-corrected chi connectivity index (χ1v) is 8.10. The molecule has 1 aromatic heterocycles. The zero-order valence-corrected chi connectivity index (χ0v) is 14.9. The average Bonchev–Trinajstić information content (AvgIpc) is 2.66. The molecule has 0 radical (unpaired) electrons. The third kappa shape index (κ3) is 5.79. The van der Waals surface area contributed by atoms with Gasteiger partial charge in [0.2, 0.25) is 5.91 Å². The Balaban J connectivity index is 2.40. The van der Waals surface area contributed by atoms with E-state index in [1.54, 1.807) is 6.92 Å². The van der Waals surface area contributed by atoms with Gasteiger partial charge in [-0.15, -0.1) is 0 Å². The van der Waals surface area contributed by atoms with E-state index in [1.807, 2.05) is 25.6 Å². The smallest absolute Gasteiger partial charge is 0.220 e. The Hall–Kier alpha value is -1.36. The van der Waals surface area contributed by atoms with Crippen molar-refractivity contribution in [2.24, 2.45) is 13.0 Å². The van der Waals surface area contributed by atoms with Crippen LogP contribution in [0, 0.1) is 19.8 Å². The Bertz CT molecular complexity index is 504. The number of amides is 1. The van der Waals surface area contributed by atoms with Crippen molar-refractivity contribution < 1.29 is 9.90 Å². The number of aryl methyl sites for hydroxylation is 2. The molecule has 0 aliphatic heterocycles. The molecule has 0 saturated carbocycles. The number of rotatable bonds is 8. The van der Waals surface area contributed by atoms with Crippen molar-refractivity contribution in [2.75, 3.05) is 6.54 Å². The Morgan fingerprint density at radius 2 is 2.05 bits per heavy atom. The van der Waals surface area contributed by atoms with Gasteiger partial charge in [-0.3, -0.25) is 9.48 Å². The molecule has 22 heavy (non-hydrogen) atoms. The Morgan fingerprint density at radius 1 is 1.41 bits per heavy atom. The van der Waals surface area contributed by atoms with Gasteiger partial charge in [-0.1, -0.05) is 13.8 Å². The van der Waals surface area contributed by atoms with Crippen molar-refractivity contribution in [3.8, 4) is 0 Å². The zero-order valence-electron chi connectivity index (χ0n) is 14.9. The first-order valence-electron chi connectivity index (χ1n) is 8.10. The van der Waals surface area contributed by atoms with Crippen LogP contribution in [0.5, 0.6) is 0 Å². The monoisotopic (exact) mass is 309 g/mol. The van der Waals surface area contributed by atoms with Crippen LogP contribution in [0.1, 0.15) is 57.0 Å². The minimum Gasteiger partial charge on any atom is -0.388 e. The summed E-state index contributed by atoms with van der Waals surface area (Å²) in [4.78, 5) is 12.0. The summed E-state index contributed by atoms with van der Waals surface area (Å²) in [6.07, 6.45) is 2.77. The van der Waals surface area contributed by atoms with E-state index in [0.717, 1.165) is 23.4 Å². The van der Waals surface area contributed by atoms with Gasteiger partial charge >= 0.3 is 0 Å². The highest BCUT2D eigenvalue weighted by atomic mass is 16.3. The molecule has 126 valence electrons. The summed E-state index contributed by atoms with van der Waals surface area (Å²) >= 11 is 0. The van der Waals surface area contributed by atoms with Gasteiger partial charge in [0.15, 0.2) is 0 Å². The maximum atomic E-state index is 12.0. The van der Waals surface area contributed by atoms with E-state index in [0.29, 0.717) is 31.7 Å². The van der Waals surface area contributed by atoms with Crippen LogP contribution in [0.3, 0.4) is 0 Å². The zero-order chi connectivity index (χ0) is 16.9. The molecular weight excluding hydrogens is 278 g/mol. The van der Waals surface area contributed by atoms with Crippen LogP contribution in [-0.2, 0) is 18.3 Å². The lowest BCUT2D eigenvalue weighted by atomic mass is 9.95. The van der Waals surface area contributed by atoms with Crippen molar-refractivity contribution in [3.05, 3.63) is 17.0 Å². The molecule has 1 unspecified atom stereocenters. The van der Waals surface area contributed by atoms with E-state index in [4.69, 9.17) is 0 Å². The second-order valence-corrected chi connectivity index (χ2v) is 6.98. The molecule has 0 spiro atoms. The van der Waals surface area contributed by atoms with Gasteiger partial charge in [-0.2, -0.15) is 5.10 Å². The summed E-state index contributed by atoms with van der Waals surface area (Å²) < 4.78 is 1.85. The molecule has 0 fully saturated rings. The lowest BCUT2D eigenvalue weighted by Gasteiger charge is -2.24. The second kappa shape index (κ2) is 7.77. The number of aliphatic hydroxyl groups is 1. The van der Waals surface area contributed by atoms with Gasteiger partial charge in [0.1, 0.15) is 0 Å². The molecule has 1 heterocycles. The highest BCUT2D eigenvalue weighted by Gasteiger charge is 2.21. The topological polar surface area (TPSA) is 67.2 Å². The van der Waals surface area contributed by atoms with Crippen LogP contribution >= 0.6 is 0 Å². The van der Waals surface area contributed by atoms with Crippen molar-refractivity contribution in [3.63, 3.8) is 0 Å². The van der Waals surface area contributed by atoms with Crippen LogP contribution in [0.2, 0.25) is 0 Å². The van der Waals surface area contributed by atoms with Crippen LogP contribution in [-0.4, -0.2) is 32.9 Å². The van der Waals surface area contributed by atoms with E-state index < -0.39 is 5.60 Å². The summed E-state index contributed by atoms with van der Waals surface area (Å²) in [6, 6.07) is 0. The largest absolute Gasteiger partial charge is 0.388 e. The lowest BCUT2D eigenvalue weighted by molar-refractivity contribution is -0.122. The van der Waals surface area contributed by atoms with E-state index >= 15 is 0 Å².